The Kier molecular flexibility index (Phi) is 4.18. The molecule has 0 spiro atoms. The fourth-order valence-corrected chi connectivity index (χ4v) is 2.96. The van der Waals surface area contributed by atoms with Crippen molar-refractivity contribution in [2.75, 3.05) is 13.1 Å². The van der Waals surface area contributed by atoms with Gasteiger partial charge >= 0.3 is 0 Å². The largest absolute Gasteiger partial charge is 0.343 e. The van der Waals surface area contributed by atoms with Crippen LogP contribution >= 0.6 is 0 Å². The Hall–Kier alpha value is -2.24. The maximum atomic E-state index is 11.3. The van der Waals surface area contributed by atoms with Crippen LogP contribution in [0.1, 0.15) is 31.2 Å². The Morgan fingerprint density at radius 1 is 1.27 bits per heavy atom. The molecule has 0 bridgehead atoms. The van der Waals surface area contributed by atoms with E-state index < -0.39 is 0 Å². The third-order valence-corrected chi connectivity index (χ3v) is 4.37. The van der Waals surface area contributed by atoms with Gasteiger partial charge in [0, 0.05) is 37.5 Å². The van der Waals surface area contributed by atoms with Crippen molar-refractivity contribution in [3.8, 4) is 11.3 Å². The van der Waals surface area contributed by atoms with Gasteiger partial charge in [0.25, 0.3) is 0 Å². The zero-order chi connectivity index (χ0) is 15.5. The average Bonchev–Trinajstić information content (AvgIpc) is 2.95. The summed E-state index contributed by atoms with van der Waals surface area (Å²) in [5.74, 6) is 0.768. The van der Waals surface area contributed by atoms with Crippen molar-refractivity contribution in [2.24, 2.45) is 5.92 Å². The number of nitrogens with zero attached hydrogens (tertiary/aromatic N) is 4. The highest BCUT2D eigenvalue weighted by Gasteiger charge is 2.21. The number of hydrogen-bond donors (Lipinski definition) is 1. The summed E-state index contributed by atoms with van der Waals surface area (Å²) in [6.45, 7) is 5.34. The number of piperidine rings is 1. The topological polar surface area (TPSA) is 74.8 Å². The second-order valence-corrected chi connectivity index (χ2v) is 5.96. The number of likely N-dealkylation sites (tertiary alicyclic amines) is 1. The first-order chi connectivity index (χ1) is 10.6. The lowest BCUT2D eigenvalue weighted by atomic mass is 9.92. The molecule has 3 rings (SSSR count). The van der Waals surface area contributed by atoms with E-state index in [0.717, 1.165) is 55.0 Å². The zero-order valence-electron chi connectivity index (χ0n) is 13.0. The van der Waals surface area contributed by atoms with Crippen molar-refractivity contribution >= 4 is 5.91 Å². The number of nitrogens with one attached hydrogen (secondary N) is 1. The average molecular weight is 299 g/mol. The van der Waals surface area contributed by atoms with Gasteiger partial charge in [0.2, 0.25) is 5.91 Å². The molecule has 3 heterocycles. The van der Waals surface area contributed by atoms with E-state index in [1.165, 1.54) is 0 Å². The number of carbonyl (C=O) groups excluding carboxylic acids is 1. The summed E-state index contributed by atoms with van der Waals surface area (Å²) < 4.78 is 0. The van der Waals surface area contributed by atoms with E-state index in [9.17, 15) is 4.79 Å². The van der Waals surface area contributed by atoms with Gasteiger partial charge in [0.1, 0.15) is 0 Å². The molecule has 0 radical (unpaired) electrons. The number of rotatable bonds is 3. The fourth-order valence-electron chi connectivity index (χ4n) is 2.96. The highest BCUT2D eigenvalue weighted by molar-refractivity contribution is 5.73. The minimum atomic E-state index is 0.179. The van der Waals surface area contributed by atoms with Gasteiger partial charge in [-0.1, -0.05) is 0 Å². The van der Waals surface area contributed by atoms with Gasteiger partial charge in [0.15, 0.2) is 0 Å². The number of H-pyrrole nitrogens is 1. The van der Waals surface area contributed by atoms with E-state index in [1.54, 1.807) is 13.1 Å². The molecule has 0 saturated carbocycles. The molecule has 1 saturated heterocycles. The second-order valence-electron chi connectivity index (χ2n) is 5.96. The highest BCUT2D eigenvalue weighted by Crippen LogP contribution is 2.22. The van der Waals surface area contributed by atoms with Crippen molar-refractivity contribution in [3.63, 3.8) is 0 Å². The van der Waals surface area contributed by atoms with E-state index in [1.807, 2.05) is 24.2 Å². The molecule has 0 atom stereocenters. The normalized spacial score (nSPS) is 16.0. The molecule has 1 amide bonds. The summed E-state index contributed by atoms with van der Waals surface area (Å²) in [6, 6.07) is 0. The molecular formula is C16H21N5O. The van der Waals surface area contributed by atoms with E-state index in [-0.39, 0.29) is 5.91 Å². The molecule has 0 aromatic carbocycles. The summed E-state index contributed by atoms with van der Waals surface area (Å²) in [5, 5.41) is 6.92. The maximum Gasteiger partial charge on any atom is 0.219 e. The fraction of sp³-hybridized carbons (Fsp3) is 0.500. The molecule has 1 N–H and O–H groups in total. The van der Waals surface area contributed by atoms with Gasteiger partial charge in [-0.05, 0) is 32.1 Å². The lowest BCUT2D eigenvalue weighted by Gasteiger charge is -2.31. The Balaban J connectivity index is 1.60. The van der Waals surface area contributed by atoms with Crippen LogP contribution in [-0.4, -0.2) is 44.1 Å². The monoisotopic (exact) mass is 299 g/mol. The Morgan fingerprint density at radius 2 is 2.05 bits per heavy atom. The molecule has 0 aliphatic carbocycles. The molecule has 2 aromatic rings. The highest BCUT2D eigenvalue weighted by atomic mass is 16.2. The third kappa shape index (κ3) is 3.16. The van der Waals surface area contributed by atoms with Crippen LogP contribution in [0.3, 0.4) is 0 Å². The van der Waals surface area contributed by atoms with Crippen LogP contribution in [-0.2, 0) is 11.2 Å². The molecule has 22 heavy (non-hydrogen) atoms. The molecule has 1 aliphatic heterocycles. The van der Waals surface area contributed by atoms with E-state index in [4.69, 9.17) is 0 Å². The van der Waals surface area contributed by atoms with Crippen LogP contribution < -0.4 is 0 Å². The van der Waals surface area contributed by atoms with Gasteiger partial charge < -0.3 is 4.90 Å². The van der Waals surface area contributed by atoms with Crippen LogP contribution in [0.25, 0.3) is 11.3 Å². The number of carbonyl (C=O) groups is 1. The van der Waals surface area contributed by atoms with Gasteiger partial charge in [-0.15, -0.1) is 0 Å². The Bertz CT molecular complexity index is 641. The maximum absolute atomic E-state index is 11.3. The summed E-state index contributed by atoms with van der Waals surface area (Å²) in [6.07, 6.45) is 8.48. The first kappa shape index (κ1) is 14.7. The van der Waals surface area contributed by atoms with Crippen LogP contribution in [0.4, 0.5) is 0 Å². The molecule has 1 aliphatic rings. The van der Waals surface area contributed by atoms with Crippen molar-refractivity contribution in [3.05, 3.63) is 30.0 Å². The number of aryl methyl sites for hydroxylation is 1. The SMILES string of the molecule is CC(=O)N1CCC(Cc2cnc(-c3cn[nH]c3C)cn2)CC1. The molecule has 0 unspecified atom stereocenters. The van der Waals surface area contributed by atoms with Crippen LogP contribution in [0.5, 0.6) is 0 Å². The predicted octanol–water partition coefficient (Wildman–Crippen LogP) is 1.98. The van der Waals surface area contributed by atoms with Crippen molar-refractivity contribution < 1.29 is 4.79 Å². The van der Waals surface area contributed by atoms with Crippen molar-refractivity contribution in [1.82, 2.24) is 25.1 Å². The number of aromatic amines is 1. The number of amides is 1. The summed E-state index contributed by atoms with van der Waals surface area (Å²) in [4.78, 5) is 22.3. The number of hydrogen-bond acceptors (Lipinski definition) is 4. The number of aromatic nitrogens is 4. The molecule has 6 nitrogen and oxygen atoms in total. The Morgan fingerprint density at radius 3 is 2.59 bits per heavy atom. The predicted molar refractivity (Wildman–Crippen MR) is 83.0 cm³/mol. The van der Waals surface area contributed by atoms with Crippen LogP contribution in [0.15, 0.2) is 18.6 Å². The first-order valence-corrected chi connectivity index (χ1v) is 7.70. The molecule has 6 heteroatoms. The molecule has 116 valence electrons. The lowest BCUT2D eigenvalue weighted by molar-refractivity contribution is -0.130. The molecule has 1 fully saturated rings. The van der Waals surface area contributed by atoms with Crippen LogP contribution in [0.2, 0.25) is 0 Å². The smallest absolute Gasteiger partial charge is 0.219 e. The van der Waals surface area contributed by atoms with Gasteiger partial charge in [-0.3, -0.25) is 19.9 Å². The summed E-state index contributed by atoms with van der Waals surface area (Å²) in [7, 11) is 0. The van der Waals surface area contributed by atoms with Crippen molar-refractivity contribution in [1.29, 1.82) is 0 Å². The second kappa shape index (κ2) is 6.25. The minimum absolute atomic E-state index is 0.179. The van der Waals surface area contributed by atoms with Crippen LogP contribution in [0, 0.1) is 12.8 Å². The lowest BCUT2D eigenvalue weighted by Crippen LogP contribution is -2.37. The third-order valence-electron chi connectivity index (χ3n) is 4.37. The quantitative estimate of drug-likeness (QED) is 0.940. The van der Waals surface area contributed by atoms with Gasteiger partial charge in [-0.25, -0.2) is 0 Å². The van der Waals surface area contributed by atoms with Gasteiger partial charge in [-0.2, -0.15) is 5.10 Å². The van der Waals surface area contributed by atoms with E-state index in [0.29, 0.717) is 5.92 Å². The zero-order valence-corrected chi connectivity index (χ0v) is 13.0. The Labute approximate surface area is 130 Å². The van der Waals surface area contributed by atoms with E-state index >= 15 is 0 Å². The molecular weight excluding hydrogens is 278 g/mol. The van der Waals surface area contributed by atoms with Gasteiger partial charge in [0.05, 0.1) is 23.8 Å². The van der Waals surface area contributed by atoms with E-state index in [2.05, 4.69) is 20.2 Å². The minimum Gasteiger partial charge on any atom is -0.343 e. The van der Waals surface area contributed by atoms with Crippen molar-refractivity contribution in [2.45, 2.75) is 33.1 Å². The standard InChI is InChI=1S/C16H21N5O/c1-11-15(9-19-20-11)16-10-17-14(8-18-16)7-13-3-5-21(6-4-13)12(2)22/h8-10,13H,3-7H2,1-2H3,(H,19,20). The molecule has 2 aromatic heterocycles. The summed E-state index contributed by atoms with van der Waals surface area (Å²) in [5.41, 5.74) is 3.86. The summed E-state index contributed by atoms with van der Waals surface area (Å²) >= 11 is 0. The first-order valence-electron chi connectivity index (χ1n) is 7.70.